The van der Waals surface area contributed by atoms with Crippen molar-refractivity contribution in [2.24, 2.45) is 11.7 Å². The quantitative estimate of drug-likeness (QED) is 0.768. The van der Waals surface area contributed by atoms with Crippen LogP contribution in [0.2, 0.25) is 0 Å². The van der Waals surface area contributed by atoms with Gasteiger partial charge < -0.3 is 15.6 Å². The number of primary amides is 1. The molecule has 0 unspecified atom stereocenters. The lowest BCUT2D eigenvalue weighted by atomic mass is 9.97. The van der Waals surface area contributed by atoms with E-state index in [4.69, 9.17) is 10.5 Å². The van der Waals surface area contributed by atoms with E-state index in [1.54, 1.807) is 7.11 Å². The summed E-state index contributed by atoms with van der Waals surface area (Å²) in [6, 6.07) is 3.78. The number of benzene rings is 1. The summed E-state index contributed by atoms with van der Waals surface area (Å²) in [5, 5.41) is 9.84. The maximum Gasteiger partial charge on any atom is 0.221 e. The highest BCUT2D eigenvalue weighted by Crippen LogP contribution is 2.33. The van der Waals surface area contributed by atoms with Crippen LogP contribution in [-0.2, 0) is 11.3 Å². The summed E-state index contributed by atoms with van der Waals surface area (Å²) in [5.74, 6) is 0.385. The number of hydrogen-bond donors (Lipinski definition) is 2. The van der Waals surface area contributed by atoms with Crippen molar-refractivity contribution in [1.29, 1.82) is 0 Å². The minimum absolute atomic E-state index is 0.0539. The van der Waals surface area contributed by atoms with Crippen LogP contribution >= 0.6 is 22.6 Å². The lowest BCUT2D eigenvalue weighted by Gasteiger charge is -2.31. The Morgan fingerprint density at radius 1 is 1.60 bits per heavy atom. The highest BCUT2D eigenvalue weighted by Gasteiger charge is 2.24. The lowest BCUT2D eigenvalue weighted by Crippen LogP contribution is -2.40. The van der Waals surface area contributed by atoms with Crippen LogP contribution in [-0.4, -0.2) is 36.1 Å². The average molecular weight is 390 g/mol. The van der Waals surface area contributed by atoms with Gasteiger partial charge >= 0.3 is 0 Å². The molecule has 0 aromatic heterocycles. The third-order valence-electron chi connectivity index (χ3n) is 3.62. The molecule has 1 fully saturated rings. The molecule has 1 aromatic carbocycles. The monoisotopic (exact) mass is 390 g/mol. The highest BCUT2D eigenvalue weighted by atomic mass is 127. The molecule has 0 radical (unpaired) electrons. The van der Waals surface area contributed by atoms with Gasteiger partial charge in [-0.05, 0) is 59.7 Å². The Labute approximate surface area is 132 Å². The predicted octanol–water partition coefficient (Wildman–Crippen LogP) is 1.70. The van der Waals surface area contributed by atoms with E-state index < -0.39 is 0 Å². The van der Waals surface area contributed by atoms with Crippen LogP contribution in [0.4, 0.5) is 0 Å². The number of halogens is 1. The summed E-state index contributed by atoms with van der Waals surface area (Å²) in [5.41, 5.74) is 6.46. The first kappa shape index (κ1) is 15.4. The minimum atomic E-state index is -0.215. The number of hydrogen-bond acceptors (Lipinski definition) is 4. The van der Waals surface area contributed by atoms with Gasteiger partial charge in [0.2, 0.25) is 5.91 Å². The van der Waals surface area contributed by atoms with Crippen molar-refractivity contribution < 1.29 is 14.6 Å². The molecule has 1 aliphatic rings. The number of rotatable bonds is 4. The maximum absolute atomic E-state index is 11.3. The Bertz CT molecular complexity index is 507. The molecule has 1 amide bonds. The Hall–Kier alpha value is -1.02. The molecule has 1 atom stereocenters. The number of carbonyl (C=O) groups is 1. The molecule has 0 aliphatic carbocycles. The largest absolute Gasteiger partial charge is 0.504 e. The fraction of sp³-hybridized carbons (Fsp3) is 0.500. The summed E-state index contributed by atoms with van der Waals surface area (Å²) in [6.45, 7) is 2.40. The fourth-order valence-corrected chi connectivity index (χ4v) is 3.23. The van der Waals surface area contributed by atoms with Gasteiger partial charge in [0, 0.05) is 13.1 Å². The number of nitrogens with two attached hydrogens (primary N) is 1. The Kier molecular flexibility index (Phi) is 5.09. The van der Waals surface area contributed by atoms with Crippen molar-refractivity contribution in [1.82, 2.24) is 4.90 Å². The summed E-state index contributed by atoms with van der Waals surface area (Å²) in [4.78, 5) is 13.5. The zero-order chi connectivity index (χ0) is 14.7. The molecule has 1 aliphatic heterocycles. The number of nitrogens with zero attached hydrogens (tertiary/aromatic N) is 1. The van der Waals surface area contributed by atoms with Crippen molar-refractivity contribution in [3.05, 3.63) is 21.3 Å². The van der Waals surface area contributed by atoms with Crippen molar-refractivity contribution in [2.75, 3.05) is 20.2 Å². The van der Waals surface area contributed by atoms with E-state index in [0.717, 1.165) is 35.1 Å². The standard InChI is InChI=1S/C14H19IN2O3/c1-20-12-6-9(5-11(15)13(12)18)7-17-4-2-3-10(8-17)14(16)19/h5-6,10,18H,2-4,7-8H2,1H3,(H2,16,19)/t10-/m0/s1. The van der Waals surface area contributed by atoms with Gasteiger partial charge in [0.05, 0.1) is 16.6 Å². The first-order chi connectivity index (χ1) is 9.51. The number of methoxy groups -OCH3 is 1. The van der Waals surface area contributed by atoms with Gasteiger partial charge in [0.15, 0.2) is 11.5 Å². The minimum Gasteiger partial charge on any atom is -0.504 e. The van der Waals surface area contributed by atoms with Gasteiger partial charge in [0.1, 0.15) is 0 Å². The van der Waals surface area contributed by atoms with E-state index in [-0.39, 0.29) is 17.6 Å². The molecular weight excluding hydrogens is 371 g/mol. The molecule has 3 N–H and O–H groups in total. The van der Waals surface area contributed by atoms with Gasteiger partial charge in [-0.15, -0.1) is 0 Å². The summed E-state index contributed by atoms with van der Waals surface area (Å²) in [6.07, 6.45) is 1.86. The van der Waals surface area contributed by atoms with Crippen molar-refractivity contribution >= 4 is 28.5 Å². The molecule has 0 spiro atoms. The first-order valence-electron chi connectivity index (χ1n) is 6.58. The molecule has 6 heteroatoms. The van der Waals surface area contributed by atoms with Crippen molar-refractivity contribution in [2.45, 2.75) is 19.4 Å². The Morgan fingerprint density at radius 2 is 2.35 bits per heavy atom. The van der Waals surface area contributed by atoms with Crippen LogP contribution in [0.25, 0.3) is 0 Å². The summed E-state index contributed by atoms with van der Waals surface area (Å²) >= 11 is 2.09. The Balaban J connectivity index is 2.10. The van der Waals surface area contributed by atoms with Crippen molar-refractivity contribution in [3.63, 3.8) is 0 Å². The Morgan fingerprint density at radius 3 is 3.00 bits per heavy atom. The molecule has 1 saturated heterocycles. The molecule has 1 heterocycles. The van der Waals surface area contributed by atoms with Crippen LogP contribution < -0.4 is 10.5 Å². The van der Waals surface area contributed by atoms with E-state index in [0.29, 0.717) is 12.3 Å². The second-order valence-corrected chi connectivity index (χ2v) is 6.27. The maximum atomic E-state index is 11.3. The first-order valence-corrected chi connectivity index (χ1v) is 7.66. The number of phenolic OH excluding ortho intramolecular Hbond substituents is 1. The number of aromatic hydroxyl groups is 1. The molecule has 5 nitrogen and oxygen atoms in total. The van der Waals surface area contributed by atoms with Gasteiger partial charge in [0.25, 0.3) is 0 Å². The zero-order valence-electron chi connectivity index (χ0n) is 11.4. The van der Waals surface area contributed by atoms with Crippen LogP contribution in [0.5, 0.6) is 11.5 Å². The number of phenols is 1. The number of carbonyl (C=O) groups excluding carboxylic acids is 1. The van der Waals surface area contributed by atoms with Gasteiger partial charge in [-0.3, -0.25) is 9.69 Å². The van der Waals surface area contributed by atoms with Crippen molar-refractivity contribution in [3.8, 4) is 11.5 Å². The van der Waals surface area contributed by atoms with Gasteiger partial charge in [-0.25, -0.2) is 0 Å². The second kappa shape index (κ2) is 6.62. The van der Waals surface area contributed by atoms with Gasteiger partial charge in [-0.2, -0.15) is 0 Å². The fourth-order valence-electron chi connectivity index (χ4n) is 2.56. The molecule has 0 saturated carbocycles. The predicted molar refractivity (Wildman–Crippen MR) is 84.6 cm³/mol. The van der Waals surface area contributed by atoms with Crippen LogP contribution in [0.15, 0.2) is 12.1 Å². The number of likely N-dealkylation sites (tertiary alicyclic amines) is 1. The molecule has 110 valence electrons. The normalized spacial score (nSPS) is 19.8. The zero-order valence-corrected chi connectivity index (χ0v) is 13.6. The molecule has 0 bridgehead atoms. The van der Waals surface area contributed by atoms with Gasteiger partial charge in [-0.1, -0.05) is 0 Å². The van der Waals surface area contributed by atoms with E-state index >= 15 is 0 Å². The van der Waals surface area contributed by atoms with Crippen LogP contribution in [0.3, 0.4) is 0 Å². The highest BCUT2D eigenvalue weighted by molar-refractivity contribution is 14.1. The molecule has 20 heavy (non-hydrogen) atoms. The second-order valence-electron chi connectivity index (χ2n) is 5.11. The lowest BCUT2D eigenvalue weighted by molar-refractivity contribution is -0.123. The topological polar surface area (TPSA) is 75.8 Å². The summed E-state index contributed by atoms with van der Waals surface area (Å²) < 4.78 is 5.93. The van der Waals surface area contributed by atoms with E-state index in [9.17, 15) is 9.90 Å². The summed E-state index contributed by atoms with van der Waals surface area (Å²) in [7, 11) is 1.54. The van der Waals surface area contributed by atoms with Crippen LogP contribution in [0.1, 0.15) is 18.4 Å². The van der Waals surface area contributed by atoms with Crippen LogP contribution in [0, 0.1) is 9.49 Å². The molecule has 2 rings (SSSR count). The smallest absolute Gasteiger partial charge is 0.221 e. The third-order valence-corrected chi connectivity index (χ3v) is 4.44. The molecule has 1 aromatic rings. The van der Waals surface area contributed by atoms with E-state index in [2.05, 4.69) is 27.5 Å². The average Bonchev–Trinajstić information content (AvgIpc) is 2.43. The number of amides is 1. The molecular formula is C14H19IN2O3. The van der Waals surface area contributed by atoms with E-state index in [1.807, 2.05) is 12.1 Å². The third kappa shape index (κ3) is 3.54. The number of piperidine rings is 1. The van der Waals surface area contributed by atoms with E-state index in [1.165, 1.54) is 0 Å². The SMILES string of the molecule is COc1cc(CN2CCC[C@H](C(N)=O)C2)cc(I)c1O. The number of ether oxygens (including phenoxy) is 1.